The maximum atomic E-state index is 12.1. The summed E-state index contributed by atoms with van der Waals surface area (Å²) in [5, 5.41) is 2.90. The molecule has 0 atom stereocenters. The number of hydrogen-bond donors (Lipinski definition) is 1. The molecule has 1 aliphatic heterocycles. The molecule has 0 fully saturated rings. The SMILES string of the molecule is CNC=CC=CC=CC(=O)N(C)CCC=CC1=[N+](C)c2ccc(SC)cc2C1. The maximum Gasteiger partial charge on any atom is 0.246 e. The van der Waals surface area contributed by atoms with Crippen LogP contribution < -0.4 is 5.32 Å². The zero-order valence-electron chi connectivity index (χ0n) is 17.2. The molecule has 0 radical (unpaired) electrons. The van der Waals surface area contributed by atoms with E-state index in [-0.39, 0.29) is 5.91 Å². The fourth-order valence-corrected chi connectivity index (χ4v) is 3.40. The van der Waals surface area contributed by atoms with E-state index in [1.165, 1.54) is 21.9 Å². The van der Waals surface area contributed by atoms with Crippen LogP contribution in [0.25, 0.3) is 0 Å². The normalized spacial score (nSPS) is 14.1. The average Bonchev–Trinajstić information content (AvgIpc) is 3.02. The molecule has 148 valence electrons. The number of hydrogen-bond acceptors (Lipinski definition) is 3. The van der Waals surface area contributed by atoms with E-state index >= 15 is 0 Å². The molecule has 0 aliphatic carbocycles. The lowest BCUT2D eigenvalue weighted by Gasteiger charge is -2.13. The zero-order valence-corrected chi connectivity index (χ0v) is 18.0. The van der Waals surface area contributed by atoms with Gasteiger partial charge in [0.25, 0.3) is 0 Å². The van der Waals surface area contributed by atoms with Crippen LogP contribution >= 0.6 is 11.8 Å². The quantitative estimate of drug-likeness (QED) is 0.297. The number of rotatable bonds is 9. The van der Waals surface area contributed by atoms with E-state index in [0.29, 0.717) is 6.54 Å². The van der Waals surface area contributed by atoms with Gasteiger partial charge < -0.3 is 10.2 Å². The van der Waals surface area contributed by atoms with Gasteiger partial charge in [-0.2, -0.15) is 4.58 Å². The molecule has 1 N–H and O–H groups in total. The molecule has 0 saturated heterocycles. The summed E-state index contributed by atoms with van der Waals surface area (Å²) in [6, 6.07) is 6.65. The van der Waals surface area contributed by atoms with Crippen molar-refractivity contribution >= 4 is 29.1 Å². The lowest BCUT2D eigenvalue weighted by molar-refractivity contribution is -0.400. The number of benzene rings is 1. The predicted molar refractivity (Wildman–Crippen MR) is 121 cm³/mol. The van der Waals surface area contributed by atoms with Crippen molar-refractivity contribution in [3.8, 4) is 0 Å². The van der Waals surface area contributed by atoms with Gasteiger partial charge in [0.15, 0.2) is 5.71 Å². The first-order chi connectivity index (χ1) is 13.6. The number of fused-ring (bicyclic) bond motifs is 1. The molecule has 1 heterocycles. The van der Waals surface area contributed by atoms with Gasteiger partial charge in [0.05, 0.1) is 6.42 Å². The summed E-state index contributed by atoms with van der Waals surface area (Å²) < 4.78 is 2.25. The van der Waals surface area contributed by atoms with E-state index in [0.717, 1.165) is 12.8 Å². The van der Waals surface area contributed by atoms with E-state index in [1.807, 2.05) is 38.5 Å². The summed E-state index contributed by atoms with van der Waals surface area (Å²) in [5.74, 6) is 0.0123. The second-order valence-corrected chi connectivity index (χ2v) is 7.44. The first-order valence-electron chi connectivity index (χ1n) is 9.42. The molecule has 1 aromatic carbocycles. The van der Waals surface area contributed by atoms with E-state index in [9.17, 15) is 4.79 Å². The number of allylic oxidation sites excluding steroid dienone is 5. The number of likely N-dealkylation sites (N-methyl/N-ethyl adjacent to an activating group) is 1. The summed E-state index contributed by atoms with van der Waals surface area (Å²) in [7, 11) is 5.79. The minimum Gasteiger partial charge on any atom is -0.394 e. The molecule has 0 unspecified atom stereocenters. The van der Waals surface area contributed by atoms with Crippen LogP contribution in [0.5, 0.6) is 0 Å². The minimum atomic E-state index is 0.0123. The third-order valence-electron chi connectivity index (χ3n) is 4.60. The molecule has 28 heavy (non-hydrogen) atoms. The summed E-state index contributed by atoms with van der Waals surface area (Å²) in [6.07, 6.45) is 19.0. The fourth-order valence-electron chi connectivity index (χ4n) is 2.94. The molecule has 0 bridgehead atoms. The van der Waals surface area contributed by atoms with Gasteiger partial charge in [-0.1, -0.05) is 24.3 Å². The molecule has 0 spiro atoms. The lowest BCUT2D eigenvalue weighted by atomic mass is 10.1. The van der Waals surface area contributed by atoms with Crippen molar-refractivity contribution in [3.05, 3.63) is 72.5 Å². The summed E-state index contributed by atoms with van der Waals surface area (Å²) in [6.45, 7) is 0.698. The van der Waals surface area contributed by atoms with Gasteiger partial charge in [0.1, 0.15) is 7.05 Å². The van der Waals surface area contributed by atoms with Crippen molar-refractivity contribution in [2.45, 2.75) is 17.7 Å². The highest BCUT2D eigenvalue weighted by Gasteiger charge is 2.25. The van der Waals surface area contributed by atoms with Gasteiger partial charge in [-0.3, -0.25) is 4.79 Å². The summed E-state index contributed by atoms with van der Waals surface area (Å²) in [5.41, 5.74) is 3.96. The Morgan fingerprint density at radius 2 is 2.07 bits per heavy atom. The van der Waals surface area contributed by atoms with Crippen LogP contribution in [0.2, 0.25) is 0 Å². The number of nitrogens with one attached hydrogen (secondary N) is 1. The molecule has 2 rings (SSSR count). The van der Waals surface area contributed by atoms with Crippen molar-refractivity contribution < 1.29 is 9.37 Å². The number of carbonyl (C=O) groups is 1. The fraction of sp³-hybridized carbons (Fsp3) is 0.304. The van der Waals surface area contributed by atoms with Crippen molar-refractivity contribution in [3.63, 3.8) is 0 Å². The standard InChI is InChI=1S/C23H29N3OS/c1-24-15-9-6-5-7-12-23(27)25(2)16-10-8-11-20-17-19-18-21(28-4)13-14-22(19)26(20)3/h5-9,11-15,18H,10,16-17H2,1-4H3/p+1. The highest BCUT2D eigenvalue weighted by molar-refractivity contribution is 7.98. The Bertz CT molecular complexity index is 834. The molecule has 1 aliphatic rings. The Kier molecular flexibility index (Phi) is 8.82. The van der Waals surface area contributed by atoms with Gasteiger partial charge in [-0.25, -0.2) is 0 Å². The Hall–Kier alpha value is -2.53. The number of carbonyl (C=O) groups excluding carboxylic acids is 1. The van der Waals surface area contributed by atoms with E-state index in [4.69, 9.17) is 0 Å². The highest BCUT2D eigenvalue weighted by Crippen LogP contribution is 2.29. The lowest BCUT2D eigenvalue weighted by Crippen LogP contribution is -2.25. The van der Waals surface area contributed by atoms with Gasteiger partial charge in [-0.15, -0.1) is 11.8 Å². The highest BCUT2D eigenvalue weighted by atomic mass is 32.2. The monoisotopic (exact) mass is 396 g/mol. The molecule has 1 aromatic rings. The van der Waals surface area contributed by atoms with Crippen LogP contribution in [0.1, 0.15) is 12.0 Å². The van der Waals surface area contributed by atoms with Gasteiger partial charge >= 0.3 is 0 Å². The number of nitrogens with zero attached hydrogens (tertiary/aromatic N) is 2. The van der Waals surface area contributed by atoms with Crippen LogP contribution in [0, 0.1) is 0 Å². The largest absolute Gasteiger partial charge is 0.394 e. The molecule has 5 heteroatoms. The topological polar surface area (TPSA) is 35.4 Å². The first-order valence-corrected chi connectivity index (χ1v) is 10.6. The van der Waals surface area contributed by atoms with Crippen LogP contribution in [-0.2, 0) is 11.2 Å². The van der Waals surface area contributed by atoms with Gasteiger partial charge in [-0.05, 0) is 37.1 Å². The second-order valence-electron chi connectivity index (χ2n) is 6.56. The molecule has 4 nitrogen and oxygen atoms in total. The minimum absolute atomic E-state index is 0.0123. The Balaban J connectivity index is 1.81. The molecular formula is C23H30N3OS+. The maximum absolute atomic E-state index is 12.1. The van der Waals surface area contributed by atoms with Gasteiger partial charge in [0.2, 0.25) is 11.6 Å². The van der Waals surface area contributed by atoms with Crippen molar-refractivity contribution in [2.75, 3.05) is 33.9 Å². The predicted octanol–water partition coefficient (Wildman–Crippen LogP) is 3.93. The number of amides is 1. The van der Waals surface area contributed by atoms with E-state index < -0.39 is 0 Å². The molecule has 0 aromatic heterocycles. The second kappa shape index (κ2) is 11.3. The van der Waals surface area contributed by atoms with Gasteiger partial charge in [0, 0.05) is 49.3 Å². The van der Waals surface area contributed by atoms with Crippen molar-refractivity contribution in [1.82, 2.24) is 10.2 Å². The van der Waals surface area contributed by atoms with Crippen molar-refractivity contribution in [1.29, 1.82) is 0 Å². The smallest absolute Gasteiger partial charge is 0.246 e. The van der Waals surface area contributed by atoms with Crippen molar-refractivity contribution in [2.24, 2.45) is 0 Å². The Morgan fingerprint density at radius 3 is 2.82 bits per heavy atom. The molecule has 0 saturated carbocycles. The summed E-state index contributed by atoms with van der Waals surface area (Å²) in [4.78, 5) is 15.1. The third-order valence-corrected chi connectivity index (χ3v) is 5.33. The summed E-state index contributed by atoms with van der Waals surface area (Å²) >= 11 is 1.78. The first kappa shape index (κ1) is 21.8. The number of thioether (sulfide) groups is 1. The van der Waals surface area contributed by atoms with Crippen LogP contribution in [0.3, 0.4) is 0 Å². The molecular weight excluding hydrogens is 366 g/mol. The Morgan fingerprint density at radius 1 is 1.29 bits per heavy atom. The van der Waals surface area contributed by atoms with Crippen LogP contribution in [0.4, 0.5) is 5.69 Å². The molecule has 1 amide bonds. The average molecular weight is 397 g/mol. The zero-order chi connectivity index (χ0) is 20.4. The van der Waals surface area contributed by atoms with Crippen LogP contribution in [-0.4, -0.2) is 55.0 Å². The van der Waals surface area contributed by atoms with Crippen LogP contribution in [0.15, 0.2) is 71.8 Å². The third kappa shape index (κ3) is 6.27. The Labute approximate surface area is 173 Å². The van der Waals surface area contributed by atoms with E-state index in [1.54, 1.807) is 28.8 Å². The van der Waals surface area contributed by atoms with E-state index in [2.05, 4.69) is 53.5 Å².